The van der Waals surface area contributed by atoms with Gasteiger partial charge in [0.15, 0.2) is 16.6 Å². The number of phenolic OH excluding ortho intramolecular Hbond substituents is 2. The number of amides is 2. The summed E-state index contributed by atoms with van der Waals surface area (Å²) in [6.07, 6.45) is 0. The molecule has 0 fully saturated rings. The van der Waals surface area contributed by atoms with Gasteiger partial charge in [-0.3, -0.25) is 19.8 Å². The van der Waals surface area contributed by atoms with E-state index in [1.807, 2.05) is 0 Å². The van der Waals surface area contributed by atoms with Gasteiger partial charge in [0.2, 0.25) is 0 Å². The molecule has 0 bridgehead atoms. The van der Waals surface area contributed by atoms with Crippen LogP contribution in [0, 0.1) is 0 Å². The molecule has 2 rings (SSSR count). The lowest BCUT2D eigenvalue weighted by atomic mass is 10.1. The Bertz CT molecular complexity index is 896. The van der Waals surface area contributed by atoms with Crippen molar-refractivity contribution in [3.8, 4) is 17.2 Å². The Balaban J connectivity index is 0.00000480. The normalized spacial score (nSPS) is 10.8. The number of nitrogens with one attached hydrogen (secondary N) is 2. The molecule has 2 aromatic rings. The number of phenols is 2. The third-order valence-electron chi connectivity index (χ3n) is 4.48. The fourth-order valence-electron chi connectivity index (χ4n) is 3.00. The number of rotatable bonds is 9. The van der Waals surface area contributed by atoms with Crippen molar-refractivity contribution >= 4 is 45.3 Å². The lowest BCUT2D eigenvalue weighted by Crippen LogP contribution is -2.42. The second-order valence-corrected chi connectivity index (χ2v) is 8.07. The molecule has 1 aromatic heterocycles. The standard InChI is InChI=1S/C20H28N4O5S.BrH/c1-11(2)24(12(3)4)7-6-21-19(28)14-10-30-20(22-14)23-18(27)13-8-16(26)17(29-5)9-15(13)25;/h8-12,25-26H,6-7H2,1-5H3,(H,21,28)(H,22,23,27);1H. The highest BCUT2D eigenvalue weighted by atomic mass is 79.9. The van der Waals surface area contributed by atoms with Crippen molar-refractivity contribution in [3.63, 3.8) is 0 Å². The largest absolute Gasteiger partial charge is 0.507 e. The molecule has 0 spiro atoms. The van der Waals surface area contributed by atoms with Gasteiger partial charge >= 0.3 is 0 Å². The highest BCUT2D eigenvalue weighted by Crippen LogP contribution is 2.33. The first-order chi connectivity index (χ1) is 14.1. The van der Waals surface area contributed by atoms with E-state index in [1.165, 1.54) is 7.11 Å². The highest BCUT2D eigenvalue weighted by Gasteiger charge is 2.19. The second kappa shape index (κ2) is 11.9. The maximum atomic E-state index is 12.4. The van der Waals surface area contributed by atoms with Crippen molar-refractivity contribution in [2.75, 3.05) is 25.5 Å². The quantitative estimate of drug-likeness (QED) is 0.377. The first-order valence-corrected chi connectivity index (χ1v) is 10.4. The number of thiazole rings is 1. The number of carbonyl (C=O) groups is 2. The summed E-state index contributed by atoms with van der Waals surface area (Å²) in [5.41, 5.74) is 0.0507. The van der Waals surface area contributed by atoms with Crippen molar-refractivity contribution in [1.29, 1.82) is 0 Å². The summed E-state index contributed by atoms with van der Waals surface area (Å²) in [7, 11) is 1.33. The molecule has 0 atom stereocenters. The Morgan fingerprint density at radius 1 is 1.13 bits per heavy atom. The minimum atomic E-state index is -0.670. The van der Waals surface area contributed by atoms with E-state index in [4.69, 9.17) is 4.74 Å². The molecule has 2 amide bonds. The molecule has 0 unspecified atom stereocenters. The zero-order valence-corrected chi connectivity index (χ0v) is 20.7. The number of anilines is 1. The third kappa shape index (κ3) is 7.08. The van der Waals surface area contributed by atoms with Crippen LogP contribution >= 0.6 is 28.3 Å². The minimum Gasteiger partial charge on any atom is -0.507 e. The first kappa shape index (κ1) is 26.7. The maximum Gasteiger partial charge on any atom is 0.270 e. The summed E-state index contributed by atoms with van der Waals surface area (Å²) < 4.78 is 4.88. The van der Waals surface area contributed by atoms with Crippen LogP contribution in [0.4, 0.5) is 5.13 Å². The number of hydrogen-bond donors (Lipinski definition) is 4. The fraction of sp³-hybridized carbons (Fsp3) is 0.450. The van der Waals surface area contributed by atoms with Crippen LogP contribution < -0.4 is 15.4 Å². The summed E-state index contributed by atoms with van der Waals surface area (Å²) in [6.45, 7) is 9.63. The number of benzene rings is 1. The molecule has 0 aliphatic rings. The average Bonchev–Trinajstić information content (AvgIpc) is 3.14. The van der Waals surface area contributed by atoms with Gasteiger partial charge < -0.3 is 20.3 Å². The van der Waals surface area contributed by atoms with Gasteiger partial charge in [0.25, 0.3) is 11.8 Å². The summed E-state index contributed by atoms with van der Waals surface area (Å²) in [5.74, 6) is -1.58. The first-order valence-electron chi connectivity index (χ1n) is 9.54. The lowest BCUT2D eigenvalue weighted by molar-refractivity contribution is 0.0934. The van der Waals surface area contributed by atoms with E-state index in [0.29, 0.717) is 18.6 Å². The molecule has 4 N–H and O–H groups in total. The van der Waals surface area contributed by atoms with Crippen LogP contribution in [0.15, 0.2) is 17.5 Å². The van der Waals surface area contributed by atoms with Crippen molar-refractivity contribution in [3.05, 3.63) is 28.8 Å². The topological polar surface area (TPSA) is 124 Å². The number of carbonyl (C=O) groups excluding carboxylic acids is 2. The lowest BCUT2D eigenvalue weighted by Gasteiger charge is -2.30. The fourth-order valence-corrected chi connectivity index (χ4v) is 3.69. The molecule has 9 nitrogen and oxygen atoms in total. The summed E-state index contributed by atoms with van der Waals surface area (Å²) in [4.78, 5) is 31.1. The van der Waals surface area contributed by atoms with Gasteiger partial charge in [-0.2, -0.15) is 0 Å². The van der Waals surface area contributed by atoms with Crippen molar-refractivity contribution in [1.82, 2.24) is 15.2 Å². The number of aromatic hydroxyl groups is 2. The van der Waals surface area contributed by atoms with Gasteiger partial charge in [0, 0.05) is 42.7 Å². The molecule has 0 aliphatic carbocycles. The Hall–Kier alpha value is -2.37. The number of nitrogens with zero attached hydrogens (tertiary/aromatic N) is 2. The number of halogens is 1. The summed E-state index contributed by atoms with van der Waals surface area (Å²) in [5, 5.41) is 26.9. The Morgan fingerprint density at radius 3 is 2.35 bits per heavy atom. The molecule has 172 valence electrons. The van der Waals surface area contributed by atoms with Crippen LogP contribution in [0.25, 0.3) is 0 Å². The van der Waals surface area contributed by atoms with E-state index < -0.39 is 5.91 Å². The Kier molecular flexibility index (Phi) is 10.2. The van der Waals surface area contributed by atoms with Crippen LogP contribution in [0.5, 0.6) is 17.2 Å². The summed E-state index contributed by atoms with van der Waals surface area (Å²) >= 11 is 1.09. The van der Waals surface area contributed by atoms with E-state index in [1.54, 1.807) is 5.38 Å². The monoisotopic (exact) mass is 516 g/mol. The van der Waals surface area contributed by atoms with Crippen molar-refractivity contribution < 1.29 is 24.5 Å². The van der Waals surface area contributed by atoms with Crippen molar-refractivity contribution in [2.24, 2.45) is 0 Å². The van der Waals surface area contributed by atoms with Gasteiger partial charge in [0.05, 0.1) is 12.7 Å². The zero-order chi connectivity index (χ0) is 22.4. The van der Waals surface area contributed by atoms with Crippen LogP contribution in [-0.4, -0.2) is 64.2 Å². The third-order valence-corrected chi connectivity index (χ3v) is 5.24. The predicted molar refractivity (Wildman–Crippen MR) is 126 cm³/mol. The predicted octanol–water partition coefficient (Wildman–Crippen LogP) is 3.24. The van der Waals surface area contributed by atoms with Gasteiger partial charge in [-0.1, -0.05) is 0 Å². The Labute approximate surface area is 196 Å². The zero-order valence-electron chi connectivity index (χ0n) is 18.1. The molecule has 0 saturated carbocycles. The maximum absolute atomic E-state index is 12.4. The highest BCUT2D eigenvalue weighted by molar-refractivity contribution is 8.93. The van der Waals surface area contributed by atoms with Gasteiger partial charge in [-0.05, 0) is 27.7 Å². The molecule has 31 heavy (non-hydrogen) atoms. The van der Waals surface area contributed by atoms with Gasteiger partial charge in [-0.25, -0.2) is 4.98 Å². The number of hydrogen-bond acceptors (Lipinski definition) is 8. The van der Waals surface area contributed by atoms with E-state index in [0.717, 1.165) is 30.0 Å². The number of ether oxygens (including phenoxy) is 1. The molecule has 0 radical (unpaired) electrons. The SMILES string of the molecule is Br.COc1cc(O)c(C(=O)Nc2nc(C(=O)NCCN(C(C)C)C(C)C)cs2)cc1O. The van der Waals surface area contributed by atoms with E-state index in [2.05, 4.69) is 48.2 Å². The molecular formula is C20H29BrN4O5S. The minimum absolute atomic E-state index is 0. The molecule has 11 heteroatoms. The molecule has 0 saturated heterocycles. The van der Waals surface area contributed by atoms with E-state index in [-0.39, 0.29) is 56.5 Å². The number of methoxy groups -OCH3 is 1. The van der Waals surface area contributed by atoms with Crippen LogP contribution in [0.2, 0.25) is 0 Å². The van der Waals surface area contributed by atoms with Gasteiger partial charge in [0.1, 0.15) is 11.4 Å². The van der Waals surface area contributed by atoms with Gasteiger partial charge in [-0.15, -0.1) is 28.3 Å². The summed E-state index contributed by atoms with van der Waals surface area (Å²) in [6, 6.07) is 2.98. The Morgan fingerprint density at radius 2 is 1.77 bits per heavy atom. The second-order valence-electron chi connectivity index (χ2n) is 7.21. The van der Waals surface area contributed by atoms with Crippen LogP contribution in [0.1, 0.15) is 48.5 Å². The molecule has 1 aromatic carbocycles. The van der Waals surface area contributed by atoms with E-state index in [9.17, 15) is 19.8 Å². The molecule has 1 heterocycles. The van der Waals surface area contributed by atoms with Crippen LogP contribution in [0.3, 0.4) is 0 Å². The van der Waals surface area contributed by atoms with Crippen LogP contribution in [-0.2, 0) is 0 Å². The molecule has 0 aliphatic heterocycles. The average molecular weight is 517 g/mol. The number of aromatic nitrogens is 1. The van der Waals surface area contributed by atoms with Crippen molar-refractivity contribution in [2.45, 2.75) is 39.8 Å². The smallest absolute Gasteiger partial charge is 0.270 e. The van der Waals surface area contributed by atoms with E-state index >= 15 is 0 Å². The molecular weight excluding hydrogens is 488 g/mol.